The van der Waals surface area contributed by atoms with Gasteiger partial charge in [0.15, 0.2) is 9.84 Å². The van der Waals surface area contributed by atoms with Crippen molar-refractivity contribution in [2.45, 2.75) is 30.6 Å². The lowest BCUT2D eigenvalue weighted by Gasteiger charge is -2.21. The van der Waals surface area contributed by atoms with E-state index in [-0.39, 0.29) is 11.8 Å². The summed E-state index contributed by atoms with van der Waals surface area (Å²) in [5.74, 6) is 1.43. The van der Waals surface area contributed by atoms with Crippen LogP contribution in [0.4, 0.5) is 17.3 Å². The predicted molar refractivity (Wildman–Crippen MR) is 142 cm³/mol. The van der Waals surface area contributed by atoms with E-state index in [4.69, 9.17) is 4.98 Å². The molecular formula is C28H28N4O3S. The number of nitrogens with zero attached hydrogens (tertiary/aromatic N) is 3. The van der Waals surface area contributed by atoms with Crippen molar-refractivity contribution in [2.24, 2.45) is 5.92 Å². The number of fused-ring (bicyclic) bond motifs is 1. The average molecular weight is 501 g/mol. The molecule has 1 N–H and O–H groups in total. The molecule has 0 unspecified atom stereocenters. The molecule has 2 aromatic heterocycles. The first-order valence-electron chi connectivity index (χ1n) is 12.0. The number of hydrogen-bond donors (Lipinski definition) is 1. The van der Waals surface area contributed by atoms with Gasteiger partial charge in [0.1, 0.15) is 11.6 Å². The number of para-hydroxylation sites is 1. The Balaban J connectivity index is 1.48. The smallest absolute Gasteiger partial charge is 0.228 e. The molecule has 5 rings (SSSR count). The van der Waals surface area contributed by atoms with Crippen molar-refractivity contribution < 1.29 is 13.2 Å². The first kappa shape index (κ1) is 23.9. The van der Waals surface area contributed by atoms with Gasteiger partial charge in [0.05, 0.1) is 4.90 Å². The van der Waals surface area contributed by atoms with Crippen LogP contribution in [0.5, 0.6) is 0 Å². The fourth-order valence-electron chi connectivity index (χ4n) is 4.24. The molecule has 0 radical (unpaired) electrons. The number of carbonyl (C=O) groups excluding carboxylic acids is 1. The quantitative estimate of drug-likeness (QED) is 0.369. The van der Waals surface area contributed by atoms with Crippen molar-refractivity contribution in [1.29, 1.82) is 0 Å². The van der Waals surface area contributed by atoms with Crippen LogP contribution in [-0.2, 0) is 27.5 Å². The molecule has 1 fully saturated rings. The first-order chi connectivity index (χ1) is 17.3. The summed E-state index contributed by atoms with van der Waals surface area (Å²) in [7, 11) is -1.25. The molecule has 2 aromatic carbocycles. The number of aromatic nitrogens is 2. The Morgan fingerprint density at radius 2 is 1.69 bits per heavy atom. The fourth-order valence-corrected chi connectivity index (χ4v) is 4.87. The van der Waals surface area contributed by atoms with E-state index in [1.807, 2.05) is 66.7 Å². The molecule has 1 aliphatic carbocycles. The summed E-state index contributed by atoms with van der Waals surface area (Å²) in [6, 6.07) is 18.9. The summed E-state index contributed by atoms with van der Waals surface area (Å²) in [5.41, 5.74) is 3.08. The summed E-state index contributed by atoms with van der Waals surface area (Å²) < 4.78 is 23.5. The number of amides is 1. The van der Waals surface area contributed by atoms with E-state index < -0.39 is 9.84 Å². The third-order valence-electron chi connectivity index (χ3n) is 6.53. The van der Waals surface area contributed by atoms with E-state index in [9.17, 15) is 13.2 Å². The maximum absolute atomic E-state index is 12.4. The van der Waals surface area contributed by atoms with Crippen molar-refractivity contribution in [2.75, 3.05) is 23.5 Å². The number of aryl methyl sites for hydroxylation is 2. The Labute approximate surface area is 211 Å². The zero-order chi connectivity index (χ0) is 25.3. The lowest BCUT2D eigenvalue weighted by Crippen LogP contribution is -2.15. The largest absolute Gasteiger partial charge is 0.329 e. The summed E-state index contributed by atoms with van der Waals surface area (Å²) in [6.07, 6.45) is 8.16. The van der Waals surface area contributed by atoms with Crippen molar-refractivity contribution in [3.63, 3.8) is 0 Å². The summed E-state index contributed by atoms with van der Waals surface area (Å²) in [4.78, 5) is 24.0. The second-order valence-electron chi connectivity index (χ2n) is 9.30. The predicted octanol–water partition coefficient (Wildman–Crippen LogP) is 4.93. The number of nitrogens with one attached hydrogen (secondary N) is 1. The van der Waals surface area contributed by atoms with Gasteiger partial charge < -0.3 is 10.2 Å². The highest BCUT2D eigenvalue weighted by Gasteiger charge is 2.30. The number of benzene rings is 2. The van der Waals surface area contributed by atoms with Gasteiger partial charge in [-0.1, -0.05) is 30.3 Å². The molecule has 1 amide bonds. The van der Waals surface area contributed by atoms with Crippen LogP contribution < -0.4 is 10.2 Å². The highest BCUT2D eigenvalue weighted by molar-refractivity contribution is 7.90. The molecule has 0 atom stereocenters. The van der Waals surface area contributed by atoms with E-state index in [1.165, 1.54) is 6.26 Å². The molecule has 0 aliphatic heterocycles. The zero-order valence-corrected chi connectivity index (χ0v) is 21.1. The molecule has 4 aromatic rings. The van der Waals surface area contributed by atoms with E-state index in [1.54, 1.807) is 18.3 Å². The standard InChI is InChI=1S/C28H28N4O3S/c1-32(22-6-4-3-5-7-22)27-25-18-29-26(31-28(33)20-12-13-20)16-24(25)21(17-30-27)11-8-19-9-14-23(15-10-19)36(2,34)35/h3-7,9-10,14-18,20H,8,11-13H2,1-2H3,(H,29,31,33). The van der Waals surface area contributed by atoms with E-state index in [2.05, 4.69) is 10.3 Å². The van der Waals surface area contributed by atoms with Crippen molar-refractivity contribution >= 4 is 43.8 Å². The number of pyridine rings is 2. The van der Waals surface area contributed by atoms with Crippen LogP contribution in [0.1, 0.15) is 24.0 Å². The molecule has 0 bridgehead atoms. The van der Waals surface area contributed by atoms with Gasteiger partial charge in [-0.25, -0.2) is 18.4 Å². The molecule has 184 valence electrons. The van der Waals surface area contributed by atoms with Crippen LogP contribution in [0.3, 0.4) is 0 Å². The SMILES string of the molecule is CN(c1ccccc1)c1ncc(CCc2ccc(S(C)(=O)=O)cc2)c2cc(NC(=O)C3CC3)ncc12. The maximum Gasteiger partial charge on any atom is 0.228 e. The minimum Gasteiger partial charge on any atom is -0.329 e. The number of anilines is 3. The van der Waals surface area contributed by atoms with Crippen molar-refractivity contribution in [3.8, 4) is 0 Å². The Morgan fingerprint density at radius 1 is 0.972 bits per heavy atom. The third kappa shape index (κ3) is 5.23. The van der Waals surface area contributed by atoms with E-state index in [0.29, 0.717) is 17.1 Å². The topological polar surface area (TPSA) is 92.3 Å². The minimum atomic E-state index is -3.22. The lowest BCUT2D eigenvalue weighted by molar-refractivity contribution is -0.117. The molecule has 2 heterocycles. The highest BCUT2D eigenvalue weighted by Crippen LogP contribution is 2.33. The van der Waals surface area contributed by atoms with Gasteiger partial charge in [0, 0.05) is 42.7 Å². The van der Waals surface area contributed by atoms with Crippen LogP contribution in [0.2, 0.25) is 0 Å². The van der Waals surface area contributed by atoms with Crippen LogP contribution >= 0.6 is 0 Å². The summed E-state index contributed by atoms with van der Waals surface area (Å²) in [5, 5.41) is 4.84. The molecular weight excluding hydrogens is 472 g/mol. The van der Waals surface area contributed by atoms with Gasteiger partial charge in [-0.05, 0) is 72.5 Å². The van der Waals surface area contributed by atoms with Crippen LogP contribution in [0, 0.1) is 5.92 Å². The first-order valence-corrected chi connectivity index (χ1v) is 13.8. The summed E-state index contributed by atoms with van der Waals surface area (Å²) >= 11 is 0. The Hall–Kier alpha value is -3.78. The molecule has 8 heteroatoms. The zero-order valence-electron chi connectivity index (χ0n) is 20.3. The van der Waals surface area contributed by atoms with Crippen molar-refractivity contribution in [3.05, 3.63) is 84.2 Å². The third-order valence-corrected chi connectivity index (χ3v) is 7.66. The average Bonchev–Trinajstić information content (AvgIpc) is 3.73. The van der Waals surface area contributed by atoms with Gasteiger partial charge >= 0.3 is 0 Å². The Morgan fingerprint density at radius 3 is 2.36 bits per heavy atom. The van der Waals surface area contributed by atoms with Crippen molar-refractivity contribution in [1.82, 2.24) is 9.97 Å². The second-order valence-corrected chi connectivity index (χ2v) is 11.3. The molecule has 0 saturated heterocycles. The molecule has 36 heavy (non-hydrogen) atoms. The normalized spacial score (nSPS) is 13.5. The lowest BCUT2D eigenvalue weighted by atomic mass is 10.0. The van der Waals surface area contributed by atoms with Crippen LogP contribution in [0.25, 0.3) is 10.8 Å². The minimum absolute atomic E-state index is 0.0186. The van der Waals surface area contributed by atoms with Gasteiger partial charge in [0.25, 0.3) is 0 Å². The monoisotopic (exact) mass is 500 g/mol. The van der Waals surface area contributed by atoms with Gasteiger partial charge in [-0.2, -0.15) is 0 Å². The Kier molecular flexibility index (Phi) is 6.45. The summed E-state index contributed by atoms with van der Waals surface area (Å²) in [6.45, 7) is 0. The van der Waals surface area contributed by atoms with Gasteiger partial charge in [-0.3, -0.25) is 4.79 Å². The number of carbonyl (C=O) groups is 1. The highest BCUT2D eigenvalue weighted by atomic mass is 32.2. The second kappa shape index (κ2) is 9.70. The van der Waals surface area contributed by atoms with E-state index in [0.717, 1.165) is 52.7 Å². The van der Waals surface area contributed by atoms with Crippen LogP contribution in [0.15, 0.2) is 78.0 Å². The molecule has 1 aliphatic rings. The fraction of sp³-hybridized carbons (Fsp3) is 0.250. The van der Waals surface area contributed by atoms with Crippen LogP contribution in [-0.4, -0.2) is 37.6 Å². The maximum atomic E-state index is 12.4. The molecule has 7 nitrogen and oxygen atoms in total. The number of hydrogen-bond acceptors (Lipinski definition) is 6. The number of sulfone groups is 1. The Bertz CT molecular complexity index is 1520. The van der Waals surface area contributed by atoms with Gasteiger partial charge in [-0.15, -0.1) is 0 Å². The number of rotatable bonds is 8. The van der Waals surface area contributed by atoms with Gasteiger partial charge in [0.2, 0.25) is 5.91 Å². The molecule has 0 spiro atoms. The van der Waals surface area contributed by atoms with E-state index >= 15 is 0 Å². The molecule has 1 saturated carbocycles.